The highest BCUT2D eigenvalue weighted by Crippen LogP contribution is 2.45. The summed E-state index contributed by atoms with van der Waals surface area (Å²) in [5, 5.41) is 17.8. The van der Waals surface area contributed by atoms with Gasteiger partial charge in [0.25, 0.3) is 0 Å². The second kappa shape index (κ2) is 10.3. The predicted octanol–water partition coefficient (Wildman–Crippen LogP) is 11.1. The van der Waals surface area contributed by atoms with Gasteiger partial charge in [0.05, 0.1) is 28.3 Å². The van der Waals surface area contributed by atoms with E-state index in [9.17, 15) is 5.26 Å². The largest absolute Gasteiger partial charge is 0.309 e. The Balaban J connectivity index is 1.34. The standard InChI is InChI=1S/C43H25N3/c44-28-29-15-21-35(22-16-29)45(34-12-5-2-6-13-34)39-25-19-31-18-24-37-40(26-20-32-17-23-36(39)42(31)43(32)37)46-38-14-8-7-11-33(38)27-41(46)30-9-3-1-4-10-30/h1-15,17-21,23-27H. The minimum atomic E-state index is 0.465. The van der Waals surface area contributed by atoms with E-state index in [1.165, 1.54) is 49.1 Å². The number of para-hydroxylation sites is 2. The summed E-state index contributed by atoms with van der Waals surface area (Å²) < 4.78 is 2.41. The Hall–Kier alpha value is -6.55. The lowest BCUT2D eigenvalue weighted by atomic mass is 9.92. The fraction of sp³-hybridized carbons (Fsp3) is 0. The third kappa shape index (κ3) is 3.93. The van der Waals surface area contributed by atoms with Gasteiger partial charge in [0.2, 0.25) is 0 Å². The Morgan fingerprint density at radius 3 is 2.00 bits per heavy atom. The van der Waals surface area contributed by atoms with Crippen molar-refractivity contribution in [3.8, 4) is 23.0 Å². The SMILES string of the molecule is N#Cc1c#cc(N(c2ccccc2)c2ccc3ccc4c(-n5c(-c6ccccc6)cc6ccccc65)ccc5ccc2c3c54)cc1. The lowest BCUT2D eigenvalue weighted by Gasteiger charge is -2.26. The van der Waals surface area contributed by atoms with Crippen LogP contribution in [0.25, 0.3) is 60.2 Å². The molecule has 0 saturated carbocycles. The van der Waals surface area contributed by atoms with E-state index in [0.717, 1.165) is 28.1 Å². The van der Waals surface area contributed by atoms with Gasteiger partial charge in [-0.15, -0.1) is 0 Å². The molecule has 0 saturated heterocycles. The summed E-state index contributed by atoms with van der Waals surface area (Å²) in [6.07, 6.45) is 0. The molecule has 212 valence electrons. The van der Waals surface area contributed by atoms with Crippen molar-refractivity contribution in [1.82, 2.24) is 4.57 Å². The zero-order valence-corrected chi connectivity index (χ0v) is 24.8. The first-order chi connectivity index (χ1) is 22.8. The molecule has 0 amide bonds. The highest BCUT2D eigenvalue weighted by atomic mass is 15.1. The maximum Gasteiger partial charge on any atom is 0.108 e. The van der Waals surface area contributed by atoms with Gasteiger partial charge in [-0.2, -0.15) is 5.26 Å². The van der Waals surface area contributed by atoms with E-state index in [1.54, 1.807) is 6.07 Å². The summed E-state index contributed by atoms with van der Waals surface area (Å²) >= 11 is 0. The number of aromatic nitrogens is 1. The molecule has 8 aromatic carbocycles. The molecule has 9 aromatic rings. The predicted molar refractivity (Wildman–Crippen MR) is 189 cm³/mol. The first-order valence-electron chi connectivity index (χ1n) is 15.3. The monoisotopic (exact) mass is 583 g/mol. The van der Waals surface area contributed by atoms with Gasteiger partial charge in [-0.1, -0.05) is 103 Å². The van der Waals surface area contributed by atoms with Crippen LogP contribution in [0.15, 0.2) is 152 Å². The number of hydrogen-bond acceptors (Lipinski definition) is 2. The smallest absolute Gasteiger partial charge is 0.108 e. The minimum absolute atomic E-state index is 0.465. The third-order valence-corrected chi connectivity index (χ3v) is 8.99. The maximum atomic E-state index is 9.41. The molecular weight excluding hydrogens is 558 g/mol. The first-order valence-corrected chi connectivity index (χ1v) is 15.3. The molecule has 0 fully saturated rings. The van der Waals surface area contributed by atoms with Crippen molar-refractivity contribution in [3.63, 3.8) is 0 Å². The van der Waals surface area contributed by atoms with E-state index >= 15 is 0 Å². The third-order valence-electron chi connectivity index (χ3n) is 8.99. The average molecular weight is 584 g/mol. The van der Waals surface area contributed by atoms with Crippen LogP contribution >= 0.6 is 0 Å². The minimum Gasteiger partial charge on any atom is -0.309 e. The van der Waals surface area contributed by atoms with Crippen molar-refractivity contribution in [1.29, 1.82) is 5.26 Å². The molecule has 0 atom stereocenters. The summed E-state index contributed by atoms with van der Waals surface area (Å²) in [6, 6.07) is 62.0. The van der Waals surface area contributed by atoms with Gasteiger partial charge in [-0.05, 0) is 87.8 Å². The lowest BCUT2D eigenvalue weighted by Crippen LogP contribution is -2.10. The van der Waals surface area contributed by atoms with Crippen molar-refractivity contribution >= 4 is 60.3 Å². The zero-order chi connectivity index (χ0) is 30.6. The molecule has 0 aliphatic carbocycles. The number of benzene rings is 7. The summed E-state index contributed by atoms with van der Waals surface area (Å²) in [6.45, 7) is 0. The quantitative estimate of drug-likeness (QED) is 0.189. The van der Waals surface area contributed by atoms with Gasteiger partial charge in [0, 0.05) is 21.8 Å². The molecule has 0 bridgehead atoms. The van der Waals surface area contributed by atoms with Crippen molar-refractivity contribution in [2.24, 2.45) is 0 Å². The molecule has 1 aromatic heterocycles. The lowest BCUT2D eigenvalue weighted by molar-refractivity contribution is 1.15. The molecule has 46 heavy (non-hydrogen) atoms. The van der Waals surface area contributed by atoms with Crippen molar-refractivity contribution in [2.75, 3.05) is 4.90 Å². The van der Waals surface area contributed by atoms with Gasteiger partial charge < -0.3 is 9.47 Å². The van der Waals surface area contributed by atoms with E-state index in [4.69, 9.17) is 0 Å². The van der Waals surface area contributed by atoms with Crippen LogP contribution in [0.4, 0.5) is 17.1 Å². The van der Waals surface area contributed by atoms with Crippen molar-refractivity contribution in [3.05, 3.63) is 169 Å². The van der Waals surface area contributed by atoms with Crippen LogP contribution in [0.3, 0.4) is 0 Å². The van der Waals surface area contributed by atoms with Crippen LogP contribution in [0.5, 0.6) is 0 Å². The molecule has 0 spiro atoms. The van der Waals surface area contributed by atoms with Crippen molar-refractivity contribution in [2.45, 2.75) is 0 Å². The normalized spacial score (nSPS) is 11.3. The molecule has 0 N–H and O–H groups in total. The van der Waals surface area contributed by atoms with Crippen LogP contribution in [0.2, 0.25) is 0 Å². The van der Waals surface area contributed by atoms with Gasteiger partial charge in [-0.3, -0.25) is 0 Å². The zero-order valence-electron chi connectivity index (χ0n) is 24.8. The van der Waals surface area contributed by atoms with E-state index in [-0.39, 0.29) is 0 Å². The van der Waals surface area contributed by atoms with E-state index in [0.29, 0.717) is 5.56 Å². The van der Waals surface area contributed by atoms with Crippen LogP contribution < -0.4 is 4.90 Å². The molecule has 3 nitrogen and oxygen atoms in total. The fourth-order valence-corrected chi connectivity index (χ4v) is 6.95. The molecule has 9 rings (SSSR count). The number of nitrogens with zero attached hydrogens (tertiary/aromatic N) is 3. The van der Waals surface area contributed by atoms with Crippen LogP contribution in [-0.4, -0.2) is 4.57 Å². The van der Waals surface area contributed by atoms with E-state index in [2.05, 4.69) is 149 Å². The Kier molecular flexibility index (Phi) is 5.79. The Labute approximate surface area is 266 Å². The number of rotatable bonds is 5. The van der Waals surface area contributed by atoms with Gasteiger partial charge in [0.15, 0.2) is 0 Å². The van der Waals surface area contributed by atoms with Crippen molar-refractivity contribution < 1.29 is 0 Å². The highest BCUT2D eigenvalue weighted by Gasteiger charge is 2.21. The topological polar surface area (TPSA) is 32.0 Å². The Morgan fingerprint density at radius 1 is 0.565 bits per heavy atom. The van der Waals surface area contributed by atoms with Gasteiger partial charge in [-0.25, -0.2) is 0 Å². The Morgan fingerprint density at radius 2 is 1.24 bits per heavy atom. The fourth-order valence-electron chi connectivity index (χ4n) is 6.95. The van der Waals surface area contributed by atoms with Crippen LogP contribution in [0.1, 0.15) is 5.56 Å². The Bertz CT molecular complexity index is 2570. The maximum absolute atomic E-state index is 9.41. The van der Waals surface area contributed by atoms with E-state index in [1.807, 2.05) is 24.3 Å². The first kappa shape index (κ1) is 25.9. The number of fused-ring (bicyclic) bond motifs is 1. The molecular formula is C43H25N3. The van der Waals surface area contributed by atoms with Gasteiger partial charge >= 0.3 is 0 Å². The summed E-state index contributed by atoms with van der Waals surface area (Å²) in [5.74, 6) is 0. The molecule has 0 radical (unpaired) electrons. The second-order valence-electron chi connectivity index (χ2n) is 11.5. The van der Waals surface area contributed by atoms with Crippen LogP contribution in [-0.2, 0) is 0 Å². The summed E-state index contributed by atoms with van der Waals surface area (Å²) in [7, 11) is 0. The second-order valence-corrected chi connectivity index (χ2v) is 11.5. The van der Waals surface area contributed by atoms with Gasteiger partial charge in [0.1, 0.15) is 11.6 Å². The summed E-state index contributed by atoms with van der Waals surface area (Å²) in [4.78, 5) is 2.21. The molecule has 1 heterocycles. The average Bonchev–Trinajstić information content (AvgIpc) is 3.52. The summed E-state index contributed by atoms with van der Waals surface area (Å²) in [5.41, 5.74) is 8.03. The molecule has 3 heteroatoms. The van der Waals surface area contributed by atoms with Crippen LogP contribution in [0, 0.1) is 23.5 Å². The number of hydrogen-bond donors (Lipinski definition) is 0. The molecule has 0 unspecified atom stereocenters. The molecule has 0 aliphatic heterocycles. The number of nitriles is 1. The highest BCUT2D eigenvalue weighted by molar-refractivity contribution is 6.27. The molecule has 0 aliphatic rings. The number of anilines is 3. The van der Waals surface area contributed by atoms with E-state index < -0.39 is 0 Å².